The van der Waals surface area contributed by atoms with Crippen molar-refractivity contribution < 1.29 is 9.47 Å². The highest BCUT2D eigenvalue weighted by molar-refractivity contribution is 5.42. The predicted octanol–water partition coefficient (Wildman–Crippen LogP) is 7.70. The molecule has 0 aliphatic heterocycles. The molecule has 0 aromatic heterocycles. The molecule has 0 saturated heterocycles. The van der Waals surface area contributed by atoms with Crippen molar-refractivity contribution in [2.24, 2.45) is 5.41 Å². The molecule has 0 spiro atoms. The van der Waals surface area contributed by atoms with E-state index < -0.39 is 0 Å². The van der Waals surface area contributed by atoms with Crippen LogP contribution in [0, 0.1) is 26.2 Å². The van der Waals surface area contributed by atoms with Crippen LogP contribution >= 0.6 is 0 Å². The van der Waals surface area contributed by atoms with Crippen LogP contribution in [0.3, 0.4) is 0 Å². The molecule has 0 aliphatic carbocycles. The third kappa shape index (κ3) is 6.34. The zero-order chi connectivity index (χ0) is 22.0. The molecule has 0 fully saturated rings. The number of ether oxygens (including phenoxy) is 2. The van der Waals surface area contributed by atoms with E-state index >= 15 is 0 Å². The van der Waals surface area contributed by atoms with E-state index in [1.54, 1.807) is 0 Å². The molecule has 0 heterocycles. The van der Waals surface area contributed by atoms with E-state index in [1.807, 2.05) is 6.92 Å². The van der Waals surface area contributed by atoms with Gasteiger partial charge in [-0.25, -0.2) is 0 Å². The van der Waals surface area contributed by atoms with Gasteiger partial charge in [-0.3, -0.25) is 0 Å². The van der Waals surface area contributed by atoms with Crippen molar-refractivity contribution in [2.45, 2.75) is 86.5 Å². The first-order chi connectivity index (χ1) is 13.3. The fraction of sp³-hybridized carbons (Fsp3) is 0.519. The van der Waals surface area contributed by atoms with E-state index in [0.29, 0.717) is 0 Å². The molecule has 2 heteroatoms. The van der Waals surface area contributed by atoms with Crippen molar-refractivity contribution >= 4 is 0 Å². The summed E-state index contributed by atoms with van der Waals surface area (Å²) in [6.07, 6.45) is 0.695. The van der Waals surface area contributed by atoms with Gasteiger partial charge in [0.1, 0.15) is 5.75 Å². The highest BCUT2D eigenvalue weighted by Gasteiger charge is 2.27. The molecule has 2 atom stereocenters. The van der Waals surface area contributed by atoms with Crippen molar-refractivity contribution in [3.63, 3.8) is 0 Å². The summed E-state index contributed by atoms with van der Waals surface area (Å²) < 4.78 is 12.2. The number of hydrogen-bond acceptors (Lipinski definition) is 2. The second kappa shape index (κ2) is 8.92. The van der Waals surface area contributed by atoms with E-state index in [0.717, 1.165) is 23.3 Å². The largest absolute Gasteiger partial charge is 0.465 e. The fourth-order valence-corrected chi connectivity index (χ4v) is 4.45. The molecule has 2 unspecified atom stereocenters. The van der Waals surface area contributed by atoms with Gasteiger partial charge in [0.15, 0.2) is 6.29 Å². The molecule has 2 aromatic carbocycles. The van der Waals surface area contributed by atoms with Gasteiger partial charge in [-0.05, 0) is 91.8 Å². The van der Waals surface area contributed by atoms with Crippen molar-refractivity contribution in [3.05, 3.63) is 71.1 Å². The lowest BCUT2D eigenvalue weighted by atomic mass is 9.72. The van der Waals surface area contributed by atoms with Crippen LogP contribution in [0.25, 0.3) is 0 Å². The van der Waals surface area contributed by atoms with Gasteiger partial charge < -0.3 is 9.47 Å². The molecule has 1 radical (unpaired) electrons. The van der Waals surface area contributed by atoms with Crippen LogP contribution in [0.4, 0.5) is 0 Å². The Kier molecular flexibility index (Phi) is 7.22. The average Bonchev–Trinajstić information content (AvgIpc) is 2.57. The van der Waals surface area contributed by atoms with Crippen molar-refractivity contribution in [1.29, 1.82) is 0 Å². The molecule has 2 nitrogen and oxygen atoms in total. The third-order valence-corrected chi connectivity index (χ3v) is 5.59. The summed E-state index contributed by atoms with van der Waals surface area (Å²) in [6, 6.07) is 12.6. The van der Waals surface area contributed by atoms with Gasteiger partial charge in [-0.1, -0.05) is 58.9 Å². The van der Waals surface area contributed by atoms with Gasteiger partial charge >= 0.3 is 0 Å². The van der Waals surface area contributed by atoms with Gasteiger partial charge in [0.05, 0.1) is 6.10 Å². The SMILES string of the molecule is [CH2]c1ccc(C)c(C)c1C(C)OC(C)Oc1ccc(C(C)(C)CC(C)(C)C)cc1. The summed E-state index contributed by atoms with van der Waals surface area (Å²) >= 11 is 0. The first-order valence-electron chi connectivity index (χ1n) is 10.6. The van der Waals surface area contributed by atoms with Gasteiger partial charge in [0.2, 0.25) is 0 Å². The Morgan fingerprint density at radius 3 is 2.03 bits per heavy atom. The van der Waals surface area contributed by atoms with Crippen LogP contribution in [-0.4, -0.2) is 6.29 Å². The Morgan fingerprint density at radius 2 is 1.48 bits per heavy atom. The molecule has 0 amide bonds. The minimum absolute atomic E-state index is 0.0811. The molecule has 29 heavy (non-hydrogen) atoms. The van der Waals surface area contributed by atoms with E-state index in [9.17, 15) is 0 Å². The van der Waals surface area contributed by atoms with Gasteiger partial charge in [-0.15, -0.1) is 0 Å². The van der Waals surface area contributed by atoms with Gasteiger partial charge in [-0.2, -0.15) is 0 Å². The molecule has 0 saturated carbocycles. The number of benzene rings is 2. The summed E-state index contributed by atoms with van der Waals surface area (Å²) in [5, 5.41) is 0. The Balaban J connectivity index is 2.05. The average molecular weight is 396 g/mol. The van der Waals surface area contributed by atoms with Gasteiger partial charge in [0.25, 0.3) is 0 Å². The third-order valence-electron chi connectivity index (χ3n) is 5.59. The van der Waals surface area contributed by atoms with Crippen molar-refractivity contribution in [2.75, 3.05) is 0 Å². The molecule has 0 N–H and O–H groups in total. The molecule has 0 aliphatic rings. The Hall–Kier alpha value is -1.80. The molecule has 159 valence electrons. The maximum Gasteiger partial charge on any atom is 0.197 e. The summed E-state index contributed by atoms with van der Waals surface area (Å²) in [6.45, 7) is 23.9. The fourth-order valence-electron chi connectivity index (χ4n) is 4.45. The standard InChI is InChI=1S/C27H39O2/c1-18-11-12-19(2)25(20(18)3)21(4)28-22(5)29-24-15-13-23(14-16-24)27(9,10)17-26(6,7)8/h11-16,21-22H,2,17H2,1,3-10H3. The Morgan fingerprint density at radius 1 is 0.897 bits per heavy atom. The van der Waals surface area contributed by atoms with E-state index in [-0.39, 0.29) is 23.2 Å². The lowest BCUT2D eigenvalue weighted by Crippen LogP contribution is -2.24. The zero-order valence-corrected chi connectivity index (χ0v) is 19.8. The molecule has 0 bridgehead atoms. The normalized spacial score (nSPS) is 14.6. The zero-order valence-electron chi connectivity index (χ0n) is 19.8. The van der Waals surface area contributed by atoms with Crippen LogP contribution in [0.2, 0.25) is 0 Å². The first-order valence-corrected chi connectivity index (χ1v) is 10.6. The van der Waals surface area contributed by atoms with Crippen molar-refractivity contribution in [1.82, 2.24) is 0 Å². The number of hydrogen-bond donors (Lipinski definition) is 0. The summed E-state index contributed by atoms with van der Waals surface area (Å²) in [4.78, 5) is 0. The highest BCUT2D eigenvalue weighted by atomic mass is 16.7. The predicted molar refractivity (Wildman–Crippen MR) is 124 cm³/mol. The topological polar surface area (TPSA) is 18.5 Å². The number of aryl methyl sites for hydroxylation is 1. The Labute approximate surface area is 178 Å². The lowest BCUT2D eigenvalue weighted by Gasteiger charge is -2.33. The van der Waals surface area contributed by atoms with E-state index in [1.165, 1.54) is 16.7 Å². The minimum atomic E-state index is -0.349. The number of rotatable bonds is 7. The van der Waals surface area contributed by atoms with Crippen molar-refractivity contribution in [3.8, 4) is 5.75 Å². The monoisotopic (exact) mass is 395 g/mol. The summed E-state index contributed by atoms with van der Waals surface area (Å²) in [5.74, 6) is 0.829. The molecule has 2 rings (SSSR count). The maximum atomic E-state index is 6.16. The molecular weight excluding hydrogens is 356 g/mol. The molecular formula is C27H39O2. The maximum absolute atomic E-state index is 6.16. The smallest absolute Gasteiger partial charge is 0.197 e. The second-order valence-corrected chi connectivity index (χ2v) is 10.2. The minimum Gasteiger partial charge on any atom is -0.465 e. The van der Waals surface area contributed by atoms with Crippen LogP contribution in [0.1, 0.15) is 88.8 Å². The molecule has 2 aromatic rings. The van der Waals surface area contributed by atoms with E-state index in [2.05, 4.69) is 98.7 Å². The Bertz CT molecular complexity index is 810. The summed E-state index contributed by atoms with van der Waals surface area (Å²) in [7, 11) is 0. The van der Waals surface area contributed by atoms with Crippen LogP contribution in [-0.2, 0) is 10.2 Å². The van der Waals surface area contributed by atoms with Gasteiger partial charge in [0, 0.05) is 0 Å². The van der Waals surface area contributed by atoms with Crippen LogP contribution in [0.15, 0.2) is 36.4 Å². The lowest BCUT2D eigenvalue weighted by molar-refractivity contribution is -0.103. The first kappa shape index (κ1) is 23.5. The second-order valence-electron chi connectivity index (χ2n) is 10.2. The van der Waals surface area contributed by atoms with Crippen LogP contribution < -0.4 is 4.74 Å². The highest BCUT2D eigenvalue weighted by Crippen LogP contribution is 2.37. The van der Waals surface area contributed by atoms with Crippen LogP contribution in [0.5, 0.6) is 5.75 Å². The summed E-state index contributed by atoms with van der Waals surface area (Å²) in [5.41, 5.74) is 6.41. The van der Waals surface area contributed by atoms with E-state index in [4.69, 9.17) is 9.47 Å². The quantitative estimate of drug-likeness (QED) is 0.447.